The number of ether oxygens (including phenoxy) is 2. The van der Waals surface area contributed by atoms with Gasteiger partial charge in [0.1, 0.15) is 0 Å². The van der Waals surface area contributed by atoms with Crippen molar-refractivity contribution < 1.29 is 19.4 Å². The zero-order chi connectivity index (χ0) is 17.6. The van der Waals surface area contributed by atoms with Gasteiger partial charge in [0.05, 0.1) is 12.1 Å². The van der Waals surface area contributed by atoms with Crippen molar-refractivity contribution in [3.63, 3.8) is 0 Å². The fraction of sp³-hybridized carbons (Fsp3) is 0.444. The molecule has 132 valence electrons. The zero-order valence-corrected chi connectivity index (χ0v) is 14.3. The van der Waals surface area contributed by atoms with E-state index < -0.39 is 11.9 Å². The summed E-state index contributed by atoms with van der Waals surface area (Å²) in [6.45, 7) is 4.19. The molecule has 2 aromatic rings. The number of hydrogen-bond donors (Lipinski definition) is 1. The van der Waals surface area contributed by atoms with Crippen molar-refractivity contribution in [2.45, 2.75) is 19.4 Å². The number of carboxylic acid groups (broad SMARTS) is 1. The second kappa shape index (κ2) is 6.07. The van der Waals surface area contributed by atoms with Gasteiger partial charge in [-0.2, -0.15) is 5.10 Å². The molecular formula is C18H21N3O4. The number of hydrogen-bond acceptors (Lipinski definition) is 5. The lowest BCUT2D eigenvalue weighted by Crippen LogP contribution is -2.23. The lowest BCUT2D eigenvalue weighted by molar-refractivity contribution is -0.141. The molecular weight excluding hydrogens is 322 g/mol. The summed E-state index contributed by atoms with van der Waals surface area (Å²) in [4.78, 5) is 14.0. The molecule has 1 fully saturated rings. The van der Waals surface area contributed by atoms with Gasteiger partial charge in [-0.1, -0.05) is 6.07 Å². The van der Waals surface area contributed by atoms with Crippen LogP contribution in [0.5, 0.6) is 11.5 Å². The minimum atomic E-state index is -0.756. The van der Waals surface area contributed by atoms with Gasteiger partial charge in [-0.05, 0) is 24.6 Å². The molecule has 7 nitrogen and oxygen atoms in total. The molecule has 7 heteroatoms. The van der Waals surface area contributed by atoms with Gasteiger partial charge in [-0.15, -0.1) is 0 Å². The quantitative estimate of drug-likeness (QED) is 0.911. The largest absolute Gasteiger partial charge is 0.481 e. The van der Waals surface area contributed by atoms with Crippen LogP contribution in [0.25, 0.3) is 0 Å². The molecule has 0 bridgehead atoms. The minimum Gasteiger partial charge on any atom is -0.481 e. The first-order valence-corrected chi connectivity index (χ1v) is 8.35. The fourth-order valence-corrected chi connectivity index (χ4v) is 3.69. The lowest BCUT2D eigenvalue weighted by Gasteiger charge is -2.16. The summed E-state index contributed by atoms with van der Waals surface area (Å²) in [6.07, 6.45) is 1.86. The number of fused-ring (bicyclic) bond motifs is 1. The molecule has 1 N–H and O–H groups in total. The van der Waals surface area contributed by atoms with E-state index in [1.54, 1.807) is 0 Å². The van der Waals surface area contributed by atoms with Crippen molar-refractivity contribution >= 4 is 5.97 Å². The van der Waals surface area contributed by atoms with E-state index in [2.05, 4.69) is 10.00 Å². The standard InChI is InChI=1S/C18H21N3O4/c1-11-13(6-19-20(11)2)7-21-8-14(15(9-21)18(22)23)12-3-4-16-17(5-12)25-10-24-16/h3-6,14-15H,7-10H2,1-2H3,(H,22,23)/t14-,15+/m0/s1. The number of nitrogens with zero attached hydrogens (tertiary/aromatic N) is 3. The van der Waals surface area contributed by atoms with Crippen molar-refractivity contribution in [3.05, 3.63) is 41.2 Å². The summed E-state index contributed by atoms with van der Waals surface area (Å²) in [5.41, 5.74) is 3.23. The number of carboxylic acids is 1. The molecule has 25 heavy (non-hydrogen) atoms. The number of carbonyl (C=O) groups is 1. The van der Waals surface area contributed by atoms with Gasteiger partial charge in [0.15, 0.2) is 11.5 Å². The molecule has 1 saturated heterocycles. The van der Waals surface area contributed by atoms with E-state index in [0.29, 0.717) is 25.4 Å². The van der Waals surface area contributed by atoms with Crippen LogP contribution in [0.3, 0.4) is 0 Å². The normalized spacial score (nSPS) is 22.5. The van der Waals surface area contributed by atoms with Gasteiger partial charge in [-0.3, -0.25) is 14.4 Å². The molecule has 1 aromatic heterocycles. The maximum Gasteiger partial charge on any atom is 0.308 e. The summed E-state index contributed by atoms with van der Waals surface area (Å²) in [5.74, 6) is 0.161. The minimum absolute atomic E-state index is 0.0658. The van der Waals surface area contributed by atoms with E-state index in [-0.39, 0.29) is 12.7 Å². The van der Waals surface area contributed by atoms with Crippen LogP contribution < -0.4 is 9.47 Å². The predicted octanol–water partition coefficient (Wildman–Crippen LogP) is 1.76. The van der Waals surface area contributed by atoms with Crippen LogP contribution in [0.4, 0.5) is 0 Å². The average Bonchev–Trinajstić information content (AvgIpc) is 3.29. The Bertz CT molecular complexity index is 817. The highest BCUT2D eigenvalue weighted by molar-refractivity contribution is 5.72. The van der Waals surface area contributed by atoms with Crippen LogP contribution in [0, 0.1) is 12.8 Å². The summed E-state index contributed by atoms with van der Waals surface area (Å²) in [7, 11) is 1.91. The number of aliphatic carboxylic acids is 1. The Kier molecular flexibility index (Phi) is 3.88. The maximum absolute atomic E-state index is 11.8. The Morgan fingerprint density at radius 3 is 2.84 bits per heavy atom. The van der Waals surface area contributed by atoms with Gasteiger partial charge < -0.3 is 14.6 Å². The molecule has 2 atom stereocenters. The Hall–Kier alpha value is -2.54. The molecule has 0 spiro atoms. The van der Waals surface area contributed by atoms with Crippen molar-refractivity contribution in [1.82, 2.24) is 14.7 Å². The number of aromatic nitrogens is 2. The molecule has 0 radical (unpaired) electrons. The smallest absolute Gasteiger partial charge is 0.308 e. The Morgan fingerprint density at radius 1 is 1.32 bits per heavy atom. The molecule has 0 unspecified atom stereocenters. The third-order valence-corrected chi connectivity index (χ3v) is 5.27. The first kappa shape index (κ1) is 16.0. The molecule has 3 heterocycles. The first-order valence-electron chi connectivity index (χ1n) is 8.35. The van der Waals surface area contributed by atoms with Crippen LogP contribution in [-0.2, 0) is 18.4 Å². The van der Waals surface area contributed by atoms with Gasteiger partial charge in [0.25, 0.3) is 0 Å². The molecule has 0 aliphatic carbocycles. The molecule has 4 rings (SSSR count). The van der Waals surface area contributed by atoms with Gasteiger partial charge in [0.2, 0.25) is 6.79 Å². The summed E-state index contributed by atoms with van der Waals surface area (Å²) in [6, 6.07) is 5.74. The van der Waals surface area contributed by atoms with E-state index in [4.69, 9.17) is 9.47 Å². The first-order chi connectivity index (χ1) is 12.0. The highest BCUT2D eigenvalue weighted by Crippen LogP contribution is 2.39. The zero-order valence-electron chi connectivity index (χ0n) is 14.3. The van der Waals surface area contributed by atoms with E-state index in [1.165, 1.54) is 0 Å². The molecule has 1 aromatic carbocycles. The molecule has 0 saturated carbocycles. The number of likely N-dealkylation sites (tertiary alicyclic amines) is 1. The Labute approximate surface area is 145 Å². The number of aryl methyl sites for hydroxylation is 1. The molecule has 0 amide bonds. The van der Waals surface area contributed by atoms with Crippen LogP contribution in [-0.4, -0.2) is 45.6 Å². The van der Waals surface area contributed by atoms with E-state index in [1.807, 2.05) is 43.0 Å². The molecule has 2 aliphatic rings. The Morgan fingerprint density at radius 2 is 2.12 bits per heavy atom. The highest BCUT2D eigenvalue weighted by atomic mass is 16.7. The van der Waals surface area contributed by atoms with Crippen molar-refractivity contribution in [1.29, 1.82) is 0 Å². The monoisotopic (exact) mass is 343 g/mol. The van der Waals surface area contributed by atoms with Gasteiger partial charge in [0, 0.05) is 43.9 Å². The second-order valence-corrected chi connectivity index (χ2v) is 6.74. The number of benzene rings is 1. The maximum atomic E-state index is 11.8. The molecule has 2 aliphatic heterocycles. The van der Waals surface area contributed by atoms with E-state index >= 15 is 0 Å². The summed E-state index contributed by atoms with van der Waals surface area (Å²) in [5, 5.41) is 14.0. The van der Waals surface area contributed by atoms with E-state index in [0.717, 1.165) is 22.6 Å². The lowest BCUT2D eigenvalue weighted by atomic mass is 9.89. The van der Waals surface area contributed by atoms with Crippen LogP contribution in [0.2, 0.25) is 0 Å². The van der Waals surface area contributed by atoms with Crippen LogP contribution in [0.15, 0.2) is 24.4 Å². The van der Waals surface area contributed by atoms with E-state index in [9.17, 15) is 9.90 Å². The predicted molar refractivity (Wildman–Crippen MR) is 89.7 cm³/mol. The Balaban J connectivity index is 1.56. The SMILES string of the molecule is Cc1c(CN2C[C@@H](C(=O)O)[C@H](c3ccc4c(c3)OCO4)C2)cnn1C. The van der Waals surface area contributed by atoms with Gasteiger partial charge in [-0.25, -0.2) is 0 Å². The van der Waals surface area contributed by atoms with Crippen LogP contribution >= 0.6 is 0 Å². The van der Waals surface area contributed by atoms with Crippen LogP contribution in [0.1, 0.15) is 22.7 Å². The summed E-state index contributed by atoms with van der Waals surface area (Å²) < 4.78 is 12.6. The van der Waals surface area contributed by atoms with Crippen molar-refractivity contribution in [2.24, 2.45) is 13.0 Å². The third-order valence-electron chi connectivity index (χ3n) is 5.27. The van der Waals surface area contributed by atoms with Crippen molar-refractivity contribution in [3.8, 4) is 11.5 Å². The van der Waals surface area contributed by atoms with Crippen molar-refractivity contribution in [2.75, 3.05) is 19.9 Å². The summed E-state index contributed by atoms with van der Waals surface area (Å²) >= 11 is 0. The second-order valence-electron chi connectivity index (χ2n) is 6.74. The highest BCUT2D eigenvalue weighted by Gasteiger charge is 2.39. The topological polar surface area (TPSA) is 76.8 Å². The number of rotatable bonds is 4. The van der Waals surface area contributed by atoms with Gasteiger partial charge >= 0.3 is 5.97 Å². The average molecular weight is 343 g/mol. The fourth-order valence-electron chi connectivity index (χ4n) is 3.69. The third kappa shape index (κ3) is 2.84.